The zero-order valence-electron chi connectivity index (χ0n) is 13.9. The summed E-state index contributed by atoms with van der Waals surface area (Å²) in [6.07, 6.45) is 1.46. The number of aryl methyl sites for hydroxylation is 1. The number of hydrogen-bond donors (Lipinski definition) is 1. The second kappa shape index (κ2) is 6.99. The molecule has 0 radical (unpaired) electrons. The van der Waals surface area contributed by atoms with Crippen molar-refractivity contribution < 1.29 is 9.53 Å². The van der Waals surface area contributed by atoms with E-state index < -0.39 is 5.97 Å². The Hall–Kier alpha value is -2.79. The number of fused-ring (bicyclic) bond motifs is 1. The molecule has 0 aliphatic heterocycles. The average molecular weight is 357 g/mol. The van der Waals surface area contributed by atoms with E-state index in [4.69, 9.17) is 16.3 Å². The first-order valence-corrected chi connectivity index (χ1v) is 8.21. The van der Waals surface area contributed by atoms with Gasteiger partial charge in [0.05, 0.1) is 28.6 Å². The molecule has 5 nitrogen and oxygen atoms in total. The molecular weight excluding hydrogens is 340 g/mol. The van der Waals surface area contributed by atoms with Gasteiger partial charge in [-0.25, -0.2) is 4.79 Å². The fraction of sp³-hybridized carbons (Fsp3) is 0.158. The van der Waals surface area contributed by atoms with Gasteiger partial charge in [-0.2, -0.15) is 0 Å². The third-order valence-corrected chi connectivity index (χ3v) is 4.26. The van der Waals surface area contributed by atoms with E-state index in [9.17, 15) is 9.59 Å². The van der Waals surface area contributed by atoms with Crippen molar-refractivity contribution in [2.75, 3.05) is 11.9 Å². The number of benzene rings is 2. The summed E-state index contributed by atoms with van der Waals surface area (Å²) in [6, 6.07) is 12.8. The fourth-order valence-corrected chi connectivity index (χ4v) is 2.86. The molecule has 0 fully saturated rings. The van der Waals surface area contributed by atoms with Crippen LogP contribution in [-0.2, 0) is 11.8 Å². The van der Waals surface area contributed by atoms with E-state index in [1.807, 2.05) is 36.4 Å². The van der Waals surface area contributed by atoms with Crippen LogP contribution in [0.25, 0.3) is 10.8 Å². The van der Waals surface area contributed by atoms with Gasteiger partial charge in [-0.3, -0.25) is 4.79 Å². The van der Waals surface area contributed by atoms with Gasteiger partial charge in [0.25, 0.3) is 5.56 Å². The minimum Gasteiger partial charge on any atom is -0.462 e. The van der Waals surface area contributed by atoms with Crippen molar-refractivity contribution in [1.29, 1.82) is 0 Å². The van der Waals surface area contributed by atoms with E-state index in [2.05, 4.69) is 5.32 Å². The highest BCUT2D eigenvalue weighted by molar-refractivity contribution is 6.38. The SMILES string of the molecule is CCOC(=O)c1cn(C)c(=O)cc1Nc1ccc2ccccc2c1Cl. The summed E-state index contributed by atoms with van der Waals surface area (Å²) >= 11 is 6.49. The third kappa shape index (κ3) is 3.37. The average Bonchev–Trinajstić information content (AvgIpc) is 2.60. The number of anilines is 2. The van der Waals surface area contributed by atoms with E-state index in [1.54, 1.807) is 14.0 Å². The fourth-order valence-electron chi connectivity index (χ4n) is 2.58. The summed E-state index contributed by atoms with van der Waals surface area (Å²) in [5, 5.41) is 5.51. The van der Waals surface area contributed by atoms with Crippen LogP contribution in [-0.4, -0.2) is 17.1 Å². The Labute approximate surface area is 149 Å². The lowest BCUT2D eigenvalue weighted by Crippen LogP contribution is -2.20. The van der Waals surface area contributed by atoms with Gasteiger partial charge >= 0.3 is 5.97 Å². The number of nitrogens with zero attached hydrogens (tertiary/aromatic N) is 1. The lowest BCUT2D eigenvalue weighted by molar-refractivity contribution is 0.0526. The number of pyridine rings is 1. The van der Waals surface area contributed by atoms with Crippen LogP contribution in [0, 0.1) is 0 Å². The van der Waals surface area contributed by atoms with Crippen molar-refractivity contribution in [2.45, 2.75) is 6.92 Å². The number of nitrogens with one attached hydrogen (secondary N) is 1. The molecule has 0 atom stereocenters. The summed E-state index contributed by atoms with van der Waals surface area (Å²) < 4.78 is 6.41. The van der Waals surface area contributed by atoms with Crippen LogP contribution in [0.2, 0.25) is 5.02 Å². The highest BCUT2D eigenvalue weighted by atomic mass is 35.5. The number of carbonyl (C=O) groups is 1. The Balaban J connectivity index is 2.08. The van der Waals surface area contributed by atoms with Crippen LogP contribution in [0.4, 0.5) is 11.4 Å². The second-order valence-corrected chi connectivity index (χ2v) is 5.92. The smallest absolute Gasteiger partial charge is 0.341 e. The van der Waals surface area contributed by atoms with E-state index in [-0.39, 0.29) is 17.7 Å². The molecule has 0 saturated carbocycles. The maximum Gasteiger partial charge on any atom is 0.341 e. The Morgan fingerprint density at radius 2 is 1.96 bits per heavy atom. The molecule has 128 valence electrons. The third-order valence-electron chi connectivity index (χ3n) is 3.86. The summed E-state index contributed by atoms with van der Waals surface area (Å²) in [7, 11) is 1.58. The van der Waals surface area contributed by atoms with Gasteiger partial charge in [0.15, 0.2) is 0 Å². The number of halogens is 1. The monoisotopic (exact) mass is 356 g/mol. The van der Waals surface area contributed by atoms with Crippen molar-refractivity contribution in [3.8, 4) is 0 Å². The highest BCUT2D eigenvalue weighted by Crippen LogP contribution is 2.33. The van der Waals surface area contributed by atoms with E-state index in [1.165, 1.54) is 16.8 Å². The number of hydrogen-bond acceptors (Lipinski definition) is 4. The van der Waals surface area contributed by atoms with Crippen LogP contribution in [0.5, 0.6) is 0 Å². The van der Waals surface area contributed by atoms with E-state index in [0.29, 0.717) is 16.4 Å². The van der Waals surface area contributed by atoms with Gasteiger partial charge in [-0.05, 0) is 18.4 Å². The topological polar surface area (TPSA) is 60.3 Å². The van der Waals surface area contributed by atoms with Crippen molar-refractivity contribution in [3.05, 3.63) is 69.6 Å². The van der Waals surface area contributed by atoms with Gasteiger partial charge in [0.2, 0.25) is 0 Å². The van der Waals surface area contributed by atoms with E-state index >= 15 is 0 Å². The van der Waals surface area contributed by atoms with Gasteiger partial charge in [-0.15, -0.1) is 0 Å². The first-order valence-electron chi connectivity index (χ1n) is 7.83. The Morgan fingerprint density at radius 3 is 2.72 bits per heavy atom. The molecule has 0 bridgehead atoms. The highest BCUT2D eigenvalue weighted by Gasteiger charge is 2.16. The first kappa shape index (κ1) is 17.0. The number of rotatable bonds is 4. The maximum atomic E-state index is 12.2. The van der Waals surface area contributed by atoms with Gasteiger partial charge in [-0.1, -0.05) is 41.9 Å². The zero-order chi connectivity index (χ0) is 18.0. The molecule has 0 spiro atoms. The van der Waals surface area contributed by atoms with Crippen LogP contribution < -0.4 is 10.9 Å². The zero-order valence-corrected chi connectivity index (χ0v) is 14.6. The van der Waals surface area contributed by atoms with Crippen LogP contribution in [0.1, 0.15) is 17.3 Å². The van der Waals surface area contributed by atoms with E-state index in [0.717, 1.165) is 10.8 Å². The molecule has 1 heterocycles. The minimum atomic E-state index is -0.502. The standard InChI is InChI=1S/C19H17ClN2O3/c1-3-25-19(24)14-11-22(2)17(23)10-16(14)21-15-9-8-12-6-4-5-7-13(12)18(15)20/h4-11,21H,3H2,1-2H3. The minimum absolute atomic E-state index is 0.243. The van der Waals surface area contributed by atoms with Crippen molar-refractivity contribution >= 4 is 39.7 Å². The number of esters is 1. The molecular formula is C19H17ClN2O3. The molecule has 0 unspecified atom stereocenters. The van der Waals surface area contributed by atoms with Crippen molar-refractivity contribution in [1.82, 2.24) is 4.57 Å². The predicted molar refractivity (Wildman–Crippen MR) is 99.9 cm³/mol. The number of carbonyl (C=O) groups excluding carboxylic acids is 1. The summed E-state index contributed by atoms with van der Waals surface area (Å²) in [5.74, 6) is -0.502. The molecule has 3 rings (SSSR count). The molecule has 0 aliphatic carbocycles. The van der Waals surface area contributed by atoms with Crippen LogP contribution in [0.3, 0.4) is 0 Å². The number of aromatic nitrogens is 1. The molecule has 3 aromatic rings. The Morgan fingerprint density at radius 1 is 1.20 bits per heavy atom. The number of ether oxygens (including phenoxy) is 1. The lowest BCUT2D eigenvalue weighted by Gasteiger charge is -2.14. The molecule has 1 N–H and O–H groups in total. The normalized spacial score (nSPS) is 10.7. The molecule has 0 saturated heterocycles. The molecule has 0 amide bonds. The second-order valence-electron chi connectivity index (χ2n) is 5.54. The van der Waals surface area contributed by atoms with Gasteiger partial charge in [0.1, 0.15) is 0 Å². The summed E-state index contributed by atoms with van der Waals surface area (Å²) in [6.45, 7) is 1.98. The van der Waals surface area contributed by atoms with Gasteiger partial charge in [0, 0.05) is 24.7 Å². The van der Waals surface area contributed by atoms with Crippen molar-refractivity contribution in [2.24, 2.45) is 7.05 Å². The molecule has 1 aromatic heterocycles. The summed E-state index contributed by atoms with van der Waals surface area (Å²) in [4.78, 5) is 24.2. The Kier molecular flexibility index (Phi) is 4.76. The van der Waals surface area contributed by atoms with Crippen molar-refractivity contribution in [3.63, 3.8) is 0 Å². The molecule has 6 heteroatoms. The lowest BCUT2D eigenvalue weighted by atomic mass is 10.1. The summed E-state index contributed by atoms with van der Waals surface area (Å²) in [5.41, 5.74) is 0.999. The molecule has 2 aromatic carbocycles. The van der Waals surface area contributed by atoms with Gasteiger partial charge < -0.3 is 14.6 Å². The quantitative estimate of drug-likeness (QED) is 0.714. The van der Waals surface area contributed by atoms with Crippen LogP contribution in [0.15, 0.2) is 53.5 Å². The molecule has 0 aliphatic rings. The largest absolute Gasteiger partial charge is 0.462 e. The molecule has 25 heavy (non-hydrogen) atoms. The van der Waals surface area contributed by atoms with Crippen LogP contribution >= 0.6 is 11.6 Å². The Bertz CT molecular complexity index is 1010. The predicted octanol–water partition coefficient (Wildman–Crippen LogP) is 4.11. The maximum absolute atomic E-state index is 12.2. The first-order chi connectivity index (χ1) is 12.0.